The molecular formula is C16H16F3N3O. The lowest BCUT2D eigenvalue weighted by molar-refractivity contribution is -0.137. The Labute approximate surface area is 131 Å². The molecule has 0 unspecified atom stereocenters. The number of rotatable bonds is 4. The highest BCUT2D eigenvalue weighted by Crippen LogP contribution is 2.34. The van der Waals surface area contributed by atoms with Gasteiger partial charge in [-0.1, -0.05) is 0 Å². The molecule has 0 bridgehead atoms. The third-order valence-corrected chi connectivity index (χ3v) is 3.88. The van der Waals surface area contributed by atoms with E-state index in [1.54, 1.807) is 12.4 Å². The summed E-state index contributed by atoms with van der Waals surface area (Å²) in [5, 5.41) is 2.91. The Balaban J connectivity index is 1.75. The van der Waals surface area contributed by atoms with Crippen molar-refractivity contribution in [3.63, 3.8) is 0 Å². The van der Waals surface area contributed by atoms with Crippen molar-refractivity contribution in [3.05, 3.63) is 54.0 Å². The Hall–Kier alpha value is -2.15. The second kappa shape index (κ2) is 6.54. The van der Waals surface area contributed by atoms with Gasteiger partial charge in [0.15, 0.2) is 0 Å². The molecule has 4 nitrogen and oxygen atoms in total. The van der Waals surface area contributed by atoms with Crippen LogP contribution in [-0.4, -0.2) is 29.2 Å². The number of hydrogen-bond donors (Lipinski definition) is 1. The van der Waals surface area contributed by atoms with Crippen LogP contribution in [0, 0.1) is 5.92 Å². The van der Waals surface area contributed by atoms with E-state index in [1.807, 2.05) is 12.1 Å². The lowest BCUT2D eigenvalue weighted by Crippen LogP contribution is -2.30. The molecule has 1 saturated heterocycles. The van der Waals surface area contributed by atoms with Gasteiger partial charge in [-0.3, -0.25) is 4.98 Å². The average molecular weight is 323 g/mol. The van der Waals surface area contributed by atoms with Gasteiger partial charge in [-0.15, -0.1) is 0 Å². The Morgan fingerprint density at radius 1 is 1.13 bits per heavy atom. The Kier molecular flexibility index (Phi) is 4.47. The van der Waals surface area contributed by atoms with Crippen molar-refractivity contribution in [2.45, 2.75) is 18.6 Å². The van der Waals surface area contributed by atoms with Gasteiger partial charge in [0.25, 0.3) is 0 Å². The number of nitrogens with zero attached hydrogens (tertiary/aromatic N) is 2. The smallest absolute Gasteiger partial charge is 0.379 e. The minimum Gasteiger partial charge on any atom is -0.379 e. The fourth-order valence-corrected chi connectivity index (χ4v) is 2.71. The Bertz CT molecular complexity index is 649. The van der Waals surface area contributed by atoms with E-state index >= 15 is 0 Å². The molecule has 2 aromatic heterocycles. The maximum absolute atomic E-state index is 13.0. The van der Waals surface area contributed by atoms with Gasteiger partial charge in [-0.05, 0) is 36.2 Å². The van der Waals surface area contributed by atoms with Gasteiger partial charge in [0.1, 0.15) is 5.82 Å². The molecule has 122 valence electrons. The van der Waals surface area contributed by atoms with Crippen LogP contribution < -0.4 is 5.32 Å². The third-order valence-electron chi connectivity index (χ3n) is 3.88. The largest absolute Gasteiger partial charge is 0.419 e. The van der Waals surface area contributed by atoms with Crippen LogP contribution in [0.2, 0.25) is 0 Å². The summed E-state index contributed by atoms with van der Waals surface area (Å²) >= 11 is 0. The van der Waals surface area contributed by atoms with E-state index in [4.69, 9.17) is 4.74 Å². The van der Waals surface area contributed by atoms with Crippen molar-refractivity contribution >= 4 is 5.82 Å². The molecule has 7 heteroatoms. The maximum Gasteiger partial charge on any atom is 0.419 e. The molecule has 2 atom stereocenters. The number of ether oxygens (including phenoxy) is 1. The number of pyridine rings is 2. The van der Waals surface area contributed by atoms with E-state index in [-0.39, 0.29) is 17.8 Å². The highest BCUT2D eigenvalue weighted by Gasteiger charge is 2.36. The van der Waals surface area contributed by atoms with Gasteiger partial charge >= 0.3 is 6.18 Å². The summed E-state index contributed by atoms with van der Waals surface area (Å²) in [5.41, 5.74) is 0.328. The number of alkyl halides is 3. The number of halogens is 3. The molecule has 3 heterocycles. The van der Waals surface area contributed by atoms with Gasteiger partial charge in [0, 0.05) is 24.5 Å². The van der Waals surface area contributed by atoms with Crippen LogP contribution in [0.15, 0.2) is 42.9 Å². The average Bonchev–Trinajstić information content (AvgIpc) is 2.95. The topological polar surface area (TPSA) is 47.0 Å². The quantitative estimate of drug-likeness (QED) is 0.939. The molecule has 0 aliphatic carbocycles. The highest BCUT2D eigenvalue weighted by atomic mass is 19.4. The monoisotopic (exact) mass is 323 g/mol. The van der Waals surface area contributed by atoms with Crippen LogP contribution in [0.1, 0.15) is 11.1 Å². The SMILES string of the molecule is FC(F)(F)c1cccnc1N[C@@H]1COC[C@H]1Cc1ccncc1. The van der Waals surface area contributed by atoms with E-state index in [0.29, 0.717) is 19.6 Å². The summed E-state index contributed by atoms with van der Waals surface area (Å²) in [5.74, 6) is -0.0595. The molecule has 3 rings (SSSR count). The van der Waals surface area contributed by atoms with Crippen LogP contribution in [0.25, 0.3) is 0 Å². The molecule has 1 fully saturated rings. The fourth-order valence-electron chi connectivity index (χ4n) is 2.71. The molecule has 0 aromatic carbocycles. The Morgan fingerprint density at radius 3 is 2.65 bits per heavy atom. The van der Waals surface area contributed by atoms with E-state index < -0.39 is 11.7 Å². The van der Waals surface area contributed by atoms with Crippen molar-refractivity contribution in [1.29, 1.82) is 0 Å². The van der Waals surface area contributed by atoms with E-state index in [9.17, 15) is 13.2 Å². The second-order valence-electron chi connectivity index (χ2n) is 5.51. The molecule has 0 saturated carbocycles. The number of aromatic nitrogens is 2. The first kappa shape index (κ1) is 15.7. The summed E-state index contributed by atoms with van der Waals surface area (Å²) in [6.07, 6.45) is 1.04. The molecule has 1 aliphatic heterocycles. The zero-order valence-corrected chi connectivity index (χ0v) is 12.3. The van der Waals surface area contributed by atoms with Crippen LogP contribution in [0.4, 0.5) is 19.0 Å². The zero-order chi connectivity index (χ0) is 16.3. The lowest BCUT2D eigenvalue weighted by Gasteiger charge is -2.21. The molecular weight excluding hydrogens is 307 g/mol. The first-order valence-electron chi connectivity index (χ1n) is 7.29. The summed E-state index contributed by atoms with van der Waals surface area (Å²) < 4.78 is 44.6. The molecule has 0 amide bonds. The lowest BCUT2D eigenvalue weighted by atomic mass is 9.95. The van der Waals surface area contributed by atoms with Crippen molar-refractivity contribution in [2.24, 2.45) is 5.92 Å². The van der Waals surface area contributed by atoms with E-state index in [0.717, 1.165) is 11.6 Å². The van der Waals surface area contributed by atoms with Crippen LogP contribution in [0.5, 0.6) is 0 Å². The first-order chi connectivity index (χ1) is 11.0. The van der Waals surface area contributed by atoms with Gasteiger partial charge in [-0.2, -0.15) is 13.2 Å². The fraction of sp³-hybridized carbons (Fsp3) is 0.375. The van der Waals surface area contributed by atoms with Gasteiger partial charge in [-0.25, -0.2) is 4.98 Å². The van der Waals surface area contributed by atoms with Gasteiger partial charge in [0.05, 0.1) is 24.8 Å². The minimum atomic E-state index is -4.43. The van der Waals surface area contributed by atoms with Crippen molar-refractivity contribution in [2.75, 3.05) is 18.5 Å². The number of anilines is 1. The summed E-state index contributed by atoms with van der Waals surface area (Å²) in [7, 11) is 0. The molecule has 1 N–H and O–H groups in total. The summed E-state index contributed by atoms with van der Waals surface area (Å²) in [4.78, 5) is 7.82. The molecule has 2 aromatic rings. The highest BCUT2D eigenvalue weighted by molar-refractivity contribution is 5.46. The molecule has 0 radical (unpaired) electrons. The Morgan fingerprint density at radius 2 is 1.91 bits per heavy atom. The van der Waals surface area contributed by atoms with Crippen molar-refractivity contribution in [1.82, 2.24) is 9.97 Å². The predicted molar refractivity (Wildman–Crippen MR) is 78.9 cm³/mol. The maximum atomic E-state index is 13.0. The van der Waals surface area contributed by atoms with Crippen molar-refractivity contribution < 1.29 is 17.9 Å². The second-order valence-corrected chi connectivity index (χ2v) is 5.51. The summed E-state index contributed by atoms with van der Waals surface area (Å²) in [6, 6.07) is 5.91. The van der Waals surface area contributed by atoms with Crippen LogP contribution >= 0.6 is 0 Å². The third kappa shape index (κ3) is 3.79. The molecule has 1 aliphatic rings. The number of hydrogen-bond acceptors (Lipinski definition) is 4. The molecule has 23 heavy (non-hydrogen) atoms. The van der Waals surface area contributed by atoms with Crippen molar-refractivity contribution in [3.8, 4) is 0 Å². The zero-order valence-electron chi connectivity index (χ0n) is 12.3. The van der Waals surface area contributed by atoms with Crippen LogP contribution in [-0.2, 0) is 17.3 Å². The predicted octanol–water partition coefficient (Wildman–Crippen LogP) is 3.17. The standard InChI is InChI=1S/C16H16F3N3O/c17-16(18,19)13-2-1-5-21-15(13)22-14-10-23-9-12(14)8-11-3-6-20-7-4-11/h1-7,12,14H,8-10H2,(H,21,22)/t12-,14-/m1/s1. The first-order valence-corrected chi connectivity index (χ1v) is 7.29. The van der Waals surface area contributed by atoms with Gasteiger partial charge in [0.2, 0.25) is 0 Å². The molecule has 0 spiro atoms. The van der Waals surface area contributed by atoms with E-state index in [1.165, 1.54) is 12.3 Å². The minimum absolute atomic E-state index is 0.0838. The summed E-state index contributed by atoms with van der Waals surface area (Å²) in [6.45, 7) is 0.873. The number of nitrogens with one attached hydrogen (secondary N) is 1. The van der Waals surface area contributed by atoms with Crippen LogP contribution in [0.3, 0.4) is 0 Å². The van der Waals surface area contributed by atoms with Gasteiger partial charge < -0.3 is 10.1 Å². The normalized spacial score (nSPS) is 21.3. The van der Waals surface area contributed by atoms with E-state index in [2.05, 4.69) is 15.3 Å².